The lowest BCUT2D eigenvalue weighted by Crippen LogP contribution is -2.45. The van der Waals surface area contributed by atoms with Gasteiger partial charge >= 0.3 is 0 Å². The zero-order valence-electron chi connectivity index (χ0n) is 11.5. The van der Waals surface area contributed by atoms with Crippen LogP contribution in [0.5, 0.6) is 0 Å². The second-order valence-electron chi connectivity index (χ2n) is 5.69. The van der Waals surface area contributed by atoms with Gasteiger partial charge in [0.2, 0.25) is 5.13 Å². The quantitative estimate of drug-likeness (QED) is 0.859. The molecule has 0 bridgehead atoms. The van der Waals surface area contributed by atoms with E-state index in [2.05, 4.69) is 45.7 Å². The number of nitrogens with zero attached hydrogens (tertiary/aromatic N) is 3. The Kier molecular flexibility index (Phi) is 4.53. The summed E-state index contributed by atoms with van der Waals surface area (Å²) in [6, 6.07) is 0. The van der Waals surface area contributed by atoms with Gasteiger partial charge in [0, 0.05) is 56.2 Å². The molecule has 18 heavy (non-hydrogen) atoms. The fourth-order valence-corrected chi connectivity index (χ4v) is 2.64. The molecular weight excluding hydrogens is 246 g/mol. The average Bonchev–Trinajstić information content (AvgIpc) is 2.79. The molecule has 0 saturated carbocycles. The number of nitrogens with one attached hydrogen (secondary N) is 2. The predicted molar refractivity (Wildman–Crippen MR) is 76.4 cm³/mol. The molecule has 0 aliphatic carbocycles. The topological polar surface area (TPSA) is 53.1 Å². The van der Waals surface area contributed by atoms with Gasteiger partial charge in [-0.3, -0.25) is 4.90 Å². The van der Waals surface area contributed by atoms with Gasteiger partial charge < -0.3 is 10.6 Å². The highest BCUT2D eigenvalue weighted by Gasteiger charge is 2.19. The minimum Gasteiger partial charge on any atom is -0.359 e. The van der Waals surface area contributed by atoms with Crippen LogP contribution in [0.25, 0.3) is 0 Å². The molecule has 1 saturated heterocycles. The zero-order valence-corrected chi connectivity index (χ0v) is 12.3. The Hall–Kier alpha value is -0.720. The molecule has 2 heterocycles. The summed E-state index contributed by atoms with van der Waals surface area (Å²) in [5.74, 6) is 0.928. The summed E-state index contributed by atoms with van der Waals surface area (Å²) in [4.78, 5) is 7.00. The molecule has 0 amide bonds. The summed E-state index contributed by atoms with van der Waals surface area (Å²) >= 11 is 1.46. The van der Waals surface area contributed by atoms with Gasteiger partial charge in [-0.15, -0.1) is 0 Å². The summed E-state index contributed by atoms with van der Waals surface area (Å²) in [5, 5.41) is 7.67. The van der Waals surface area contributed by atoms with Crippen LogP contribution in [-0.2, 0) is 5.41 Å². The highest BCUT2D eigenvalue weighted by molar-refractivity contribution is 7.09. The number of rotatable bonds is 4. The van der Waals surface area contributed by atoms with Crippen molar-refractivity contribution in [3.05, 3.63) is 5.82 Å². The van der Waals surface area contributed by atoms with Crippen LogP contribution in [0.15, 0.2) is 0 Å². The van der Waals surface area contributed by atoms with Crippen LogP contribution in [-0.4, -0.2) is 53.5 Å². The highest BCUT2D eigenvalue weighted by atomic mass is 32.1. The minimum atomic E-state index is 0.0367. The molecule has 1 aromatic rings. The molecular formula is C12H23N5S. The maximum atomic E-state index is 4.53. The van der Waals surface area contributed by atoms with Crippen LogP contribution in [0.1, 0.15) is 26.6 Å². The average molecular weight is 269 g/mol. The van der Waals surface area contributed by atoms with Crippen molar-refractivity contribution in [1.82, 2.24) is 19.6 Å². The van der Waals surface area contributed by atoms with Crippen LogP contribution in [0.4, 0.5) is 5.13 Å². The Bertz CT molecular complexity index is 365. The van der Waals surface area contributed by atoms with Crippen molar-refractivity contribution in [2.75, 3.05) is 44.6 Å². The Morgan fingerprint density at radius 3 is 2.67 bits per heavy atom. The molecule has 0 spiro atoms. The fourth-order valence-electron chi connectivity index (χ4n) is 1.86. The lowest BCUT2D eigenvalue weighted by atomic mass is 9.96. The third kappa shape index (κ3) is 3.90. The lowest BCUT2D eigenvalue weighted by molar-refractivity contribution is 0.249. The summed E-state index contributed by atoms with van der Waals surface area (Å²) in [5.41, 5.74) is 0.0367. The molecule has 6 heteroatoms. The molecule has 0 unspecified atom stereocenters. The normalized spacial score (nSPS) is 17.9. The van der Waals surface area contributed by atoms with Gasteiger partial charge in [0.15, 0.2) is 0 Å². The minimum absolute atomic E-state index is 0.0367. The Balaban J connectivity index is 1.74. The molecule has 1 aliphatic heterocycles. The summed E-state index contributed by atoms with van der Waals surface area (Å²) in [6.07, 6.45) is 0. The van der Waals surface area contributed by atoms with E-state index in [9.17, 15) is 0 Å². The highest BCUT2D eigenvalue weighted by Crippen LogP contribution is 2.22. The van der Waals surface area contributed by atoms with Crippen LogP contribution in [0.3, 0.4) is 0 Å². The van der Waals surface area contributed by atoms with Gasteiger partial charge in [-0.2, -0.15) is 4.37 Å². The smallest absolute Gasteiger partial charge is 0.202 e. The van der Waals surface area contributed by atoms with E-state index in [0.29, 0.717) is 0 Å². The first-order chi connectivity index (χ1) is 8.55. The molecule has 2 rings (SSSR count). The fraction of sp³-hybridized carbons (Fsp3) is 0.833. The summed E-state index contributed by atoms with van der Waals surface area (Å²) in [6.45, 7) is 12.9. The van der Waals surface area contributed by atoms with E-state index in [-0.39, 0.29) is 5.41 Å². The number of hydrogen-bond acceptors (Lipinski definition) is 6. The Morgan fingerprint density at radius 2 is 2.06 bits per heavy atom. The number of anilines is 1. The Morgan fingerprint density at radius 1 is 1.33 bits per heavy atom. The molecule has 102 valence electrons. The van der Waals surface area contributed by atoms with Crippen LogP contribution < -0.4 is 10.6 Å². The SMILES string of the molecule is CC(C)(C)c1nsc(NCCN2CCNCC2)n1. The molecule has 0 radical (unpaired) electrons. The second-order valence-corrected chi connectivity index (χ2v) is 6.44. The molecule has 1 aromatic heterocycles. The van der Waals surface area contributed by atoms with Crippen molar-refractivity contribution in [2.45, 2.75) is 26.2 Å². The summed E-state index contributed by atoms with van der Waals surface area (Å²) in [7, 11) is 0. The number of aromatic nitrogens is 2. The molecule has 0 atom stereocenters. The van der Waals surface area contributed by atoms with Crippen LogP contribution >= 0.6 is 11.5 Å². The van der Waals surface area contributed by atoms with Crippen LogP contribution in [0, 0.1) is 0 Å². The van der Waals surface area contributed by atoms with E-state index in [1.807, 2.05) is 0 Å². The van der Waals surface area contributed by atoms with Crippen molar-refractivity contribution in [3.63, 3.8) is 0 Å². The molecule has 1 fully saturated rings. The number of piperazine rings is 1. The monoisotopic (exact) mass is 269 g/mol. The standard InChI is InChI=1S/C12H23N5S/c1-12(2,3)10-15-11(18-16-10)14-6-9-17-7-4-13-5-8-17/h13H,4-9H2,1-3H3,(H,14,15,16). The number of hydrogen-bond donors (Lipinski definition) is 2. The first-order valence-corrected chi connectivity index (χ1v) is 7.34. The molecule has 0 aromatic carbocycles. The van der Waals surface area contributed by atoms with E-state index in [1.165, 1.54) is 11.5 Å². The zero-order chi connectivity index (χ0) is 13.0. The predicted octanol–water partition coefficient (Wildman–Crippen LogP) is 1.15. The van der Waals surface area contributed by atoms with Gasteiger partial charge in [-0.25, -0.2) is 4.98 Å². The van der Waals surface area contributed by atoms with Gasteiger partial charge in [0.25, 0.3) is 0 Å². The van der Waals surface area contributed by atoms with Crippen molar-refractivity contribution in [3.8, 4) is 0 Å². The van der Waals surface area contributed by atoms with Gasteiger partial charge in [-0.05, 0) is 0 Å². The molecule has 1 aliphatic rings. The van der Waals surface area contributed by atoms with Crippen molar-refractivity contribution in [1.29, 1.82) is 0 Å². The third-order valence-electron chi connectivity index (χ3n) is 3.01. The summed E-state index contributed by atoms with van der Waals surface area (Å²) < 4.78 is 4.40. The Labute approximate surface area is 113 Å². The van der Waals surface area contributed by atoms with E-state index < -0.39 is 0 Å². The third-order valence-corrected chi connectivity index (χ3v) is 3.68. The molecule has 2 N–H and O–H groups in total. The van der Waals surface area contributed by atoms with E-state index >= 15 is 0 Å². The van der Waals surface area contributed by atoms with Crippen molar-refractivity contribution >= 4 is 16.7 Å². The maximum Gasteiger partial charge on any atom is 0.202 e. The van der Waals surface area contributed by atoms with E-state index in [1.54, 1.807) is 0 Å². The lowest BCUT2D eigenvalue weighted by Gasteiger charge is -2.26. The molecule has 5 nitrogen and oxygen atoms in total. The van der Waals surface area contributed by atoms with Crippen molar-refractivity contribution < 1.29 is 0 Å². The first kappa shape index (κ1) is 13.7. The van der Waals surface area contributed by atoms with Gasteiger partial charge in [0.1, 0.15) is 5.82 Å². The van der Waals surface area contributed by atoms with Gasteiger partial charge in [-0.1, -0.05) is 20.8 Å². The largest absolute Gasteiger partial charge is 0.359 e. The van der Waals surface area contributed by atoms with E-state index in [0.717, 1.165) is 50.2 Å². The maximum absolute atomic E-state index is 4.53. The second kappa shape index (κ2) is 5.95. The van der Waals surface area contributed by atoms with E-state index in [4.69, 9.17) is 0 Å². The van der Waals surface area contributed by atoms with Crippen molar-refractivity contribution in [2.24, 2.45) is 0 Å². The van der Waals surface area contributed by atoms with Gasteiger partial charge in [0.05, 0.1) is 0 Å². The first-order valence-electron chi connectivity index (χ1n) is 6.57. The van der Waals surface area contributed by atoms with Crippen LogP contribution in [0.2, 0.25) is 0 Å².